The maximum atomic E-state index is 12.2. The molecule has 17 heavy (non-hydrogen) atoms. The van der Waals surface area contributed by atoms with E-state index in [1.165, 1.54) is 0 Å². The molecule has 92 valence electrons. The topological polar surface area (TPSA) is 57.6 Å². The first-order valence-corrected chi connectivity index (χ1v) is 6.32. The zero-order valence-corrected chi connectivity index (χ0v) is 9.71. The summed E-state index contributed by atoms with van der Waals surface area (Å²) in [5, 5.41) is 8.66. The monoisotopic (exact) mass is 235 g/mol. The van der Waals surface area contributed by atoms with Crippen molar-refractivity contribution >= 4 is 11.9 Å². The number of hydrogen-bond acceptors (Lipinski definition) is 2. The molecule has 0 aromatic rings. The lowest BCUT2D eigenvalue weighted by atomic mass is 9.88. The number of carbonyl (C=O) groups excluding carboxylic acids is 1. The molecule has 1 saturated carbocycles. The minimum atomic E-state index is -0.759. The number of nitrogens with zero attached hydrogens (tertiary/aromatic N) is 1. The van der Waals surface area contributed by atoms with Gasteiger partial charge in [-0.15, -0.1) is 0 Å². The summed E-state index contributed by atoms with van der Waals surface area (Å²) in [4.78, 5) is 24.6. The Hall–Kier alpha value is -1.32. The quantitative estimate of drug-likeness (QED) is 0.746. The lowest BCUT2D eigenvalue weighted by molar-refractivity contribution is -0.148. The molecule has 4 nitrogen and oxygen atoms in total. The van der Waals surface area contributed by atoms with Gasteiger partial charge in [-0.2, -0.15) is 0 Å². The van der Waals surface area contributed by atoms with Gasteiger partial charge in [-0.3, -0.25) is 9.59 Å². The number of likely N-dealkylation sites (tertiary alicyclic amines) is 1. The molecule has 3 unspecified atom stereocenters. The summed E-state index contributed by atoms with van der Waals surface area (Å²) in [5.41, 5.74) is 0. The molecular weight excluding hydrogens is 218 g/mol. The minimum Gasteiger partial charge on any atom is -0.481 e. The van der Waals surface area contributed by atoms with Crippen molar-refractivity contribution in [2.24, 2.45) is 23.7 Å². The van der Waals surface area contributed by atoms with E-state index < -0.39 is 5.97 Å². The second-order valence-electron chi connectivity index (χ2n) is 5.59. The highest BCUT2D eigenvalue weighted by molar-refractivity contribution is 5.81. The van der Waals surface area contributed by atoms with E-state index in [9.17, 15) is 9.59 Å². The van der Waals surface area contributed by atoms with Crippen molar-refractivity contribution in [3.8, 4) is 0 Å². The van der Waals surface area contributed by atoms with Crippen molar-refractivity contribution in [2.75, 3.05) is 13.1 Å². The molecule has 2 aliphatic carbocycles. The standard InChI is InChI=1S/C13H17NO3/c15-12(16)5-9-6-14(7-9)13(17)11-4-8-1-2-10(11)3-8/h1-2,8-11H,3-7H2,(H,15,16). The molecule has 1 aliphatic heterocycles. The third-order valence-corrected chi connectivity index (χ3v) is 4.33. The van der Waals surface area contributed by atoms with Crippen LogP contribution in [0.3, 0.4) is 0 Å². The molecule has 2 bridgehead atoms. The average Bonchev–Trinajstić information content (AvgIpc) is 2.82. The second-order valence-corrected chi connectivity index (χ2v) is 5.59. The van der Waals surface area contributed by atoms with Gasteiger partial charge in [-0.25, -0.2) is 0 Å². The number of carbonyl (C=O) groups is 2. The predicted octanol–water partition coefficient (Wildman–Crippen LogP) is 1.13. The summed E-state index contributed by atoms with van der Waals surface area (Å²) in [7, 11) is 0. The smallest absolute Gasteiger partial charge is 0.303 e. The lowest BCUT2D eigenvalue weighted by Crippen LogP contribution is -2.53. The van der Waals surface area contributed by atoms with Gasteiger partial charge in [0.2, 0.25) is 5.91 Å². The van der Waals surface area contributed by atoms with Crippen LogP contribution in [0.1, 0.15) is 19.3 Å². The van der Waals surface area contributed by atoms with Crippen LogP contribution in [0.2, 0.25) is 0 Å². The van der Waals surface area contributed by atoms with E-state index in [-0.39, 0.29) is 24.2 Å². The third-order valence-electron chi connectivity index (χ3n) is 4.33. The molecule has 1 heterocycles. The lowest BCUT2D eigenvalue weighted by Gasteiger charge is -2.40. The maximum absolute atomic E-state index is 12.2. The summed E-state index contributed by atoms with van der Waals surface area (Å²) in [6, 6.07) is 0. The Morgan fingerprint density at radius 1 is 1.24 bits per heavy atom. The molecular formula is C13H17NO3. The number of rotatable bonds is 3. The van der Waals surface area contributed by atoms with Crippen molar-refractivity contribution in [2.45, 2.75) is 19.3 Å². The van der Waals surface area contributed by atoms with Gasteiger partial charge in [0, 0.05) is 24.9 Å². The van der Waals surface area contributed by atoms with Gasteiger partial charge in [0.15, 0.2) is 0 Å². The molecule has 0 spiro atoms. The van der Waals surface area contributed by atoms with Crippen LogP contribution >= 0.6 is 0 Å². The van der Waals surface area contributed by atoms with E-state index >= 15 is 0 Å². The zero-order chi connectivity index (χ0) is 12.0. The molecule has 1 amide bonds. The van der Waals surface area contributed by atoms with Crippen LogP contribution in [0.4, 0.5) is 0 Å². The summed E-state index contributed by atoms with van der Waals surface area (Å²) in [6.07, 6.45) is 6.76. The van der Waals surface area contributed by atoms with Crippen molar-refractivity contribution < 1.29 is 14.7 Å². The fourth-order valence-electron chi connectivity index (χ4n) is 3.43. The molecule has 3 atom stereocenters. The second kappa shape index (κ2) is 3.86. The van der Waals surface area contributed by atoms with Crippen LogP contribution in [-0.4, -0.2) is 35.0 Å². The summed E-state index contributed by atoms with van der Waals surface area (Å²) < 4.78 is 0. The SMILES string of the molecule is O=C(O)CC1CN(C(=O)C2CC3C=CC2C3)C1. The van der Waals surface area contributed by atoms with E-state index in [2.05, 4.69) is 12.2 Å². The van der Waals surface area contributed by atoms with E-state index in [1.54, 1.807) is 0 Å². The van der Waals surface area contributed by atoms with Gasteiger partial charge in [0.25, 0.3) is 0 Å². The fourth-order valence-corrected chi connectivity index (χ4v) is 3.43. The number of carboxylic acids is 1. The van der Waals surface area contributed by atoms with Crippen molar-refractivity contribution in [3.05, 3.63) is 12.2 Å². The predicted molar refractivity (Wildman–Crippen MR) is 61.2 cm³/mol. The van der Waals surface area contributed by atoms with E-state index in [0.717, 1.165) is 12.8 Å². The normalized spacial score (nSPS) is 35.1. The summed E-state index contributed by atoms with van der Waals surface area (Å²) in [5.74, 6) is 0.908. The molecule has 1 N–H and O–H groups in total. The molecule has 0 aromatic carbocycles. The highest BCUT2D eigenvalue weighted by Crippen LogP contribution is 2.44. The van der Waals surface area contributed by atoms with Crippen LogP contribution in [0.25, 0.3) is 0 Å². The van der Waals surface area contributed by atoms with Gasteiger partial charge < -0.3 is 10.0 Å². The van der Waals surface area contributed by atoms with Crippen molar-refractivity contribution in [3.63, 3.8) is 0 Å². The molecule has 0 radical (unpaired) electrons. The Labute approximate surface area is 100 Å². The van der Waals surface area contributed by atoms with Crippen LogP contribution in [0.15, 0.2) is 12.2 Å². The summed E-state index contributed by atoms with van der Waals surface area (Å²) >= 11 is 0. The van der Waals surface area contributed by atoms with Gasteiger partial charge in [0.1, 0.15) is 0 Å². The first-order valence-electron chi connectivity index (χ1n) is 6.32. The Kier molecular flexibility index (Phi) is 2.45. The Bertz CT molecular complexity index is 384. The third kappa shape index (κ3) is 1.85. The number of amides is 1. The van der Waals surface area contributed by atoms with Crippen LogP contribution < -0.4 is 0 Å². The first kappa shape index (κ1) is 10.8. The number of allylic oxidation sites excluding steroid dienone is 2. The van der Waals surface area contributed by atoms with Gasteiger partial charge in [0.05, 0.1) is 6.42 Å². The van der Waals surface area contributed by atoms with Gasteiger partial charge in [-0.05, 0) is 24.7 Å². The Morgan fingerprint density at radius 3 is 2.53 bits per heavy atom. The first-order chi connectivity index (χ1) is 8.13. The van der Waals surface area contributed by atoms with Crippen molar-refractivity contribution in [1.29, 1.82) is 0 Å². The molecule has 2 fully saturated rings. The number of carboxylic acid groups (broad SMARTS) is 1. The zero-order valence-electron chi connectivity index (χ0n) is 9.71. The molecule has 0 aromatic heterocycles. The number of fused-ring (bicyclic) bond motifs is 2. The number of aliphatic carboxylic acids is 1. The Balaban J connectivity index is 1.52. The van der Waals surface area contributed by atoms with E-state index in [1.807, 2.05) is 4.90 Å². The largest absolute Gasteiger partial charge is 0.481 e. The molecule has 1 saturated heterocycles. The molecule has 4 heteroatoms. The molecule has 3 aliphatic rings. The Morgan fingerprint density at radius 2 is 2.00 bits per heavy atom. The van der Waals surface area contributed by atoms with Crippen LogP contribution in [0, 0.1) is 23.7 Å². The summed E-state index contributed by atoms with van der Waals surface area (Å²) in [6.45, 7) is 1.28. The fraction of sp³-hybridized carbons (Fsp3) is 0.692. The minimum absolute atomic E-state index is 0.172. The van der Waals surface area contributed by atoms with Crippen molar-refractivity contribution in [1.82, 2.24) is 4.90 Å². The average molecular weight is 235 g/mol. The number of hydrogen-bond donors (Lipinski definition) is 1. The van der Waals surface area contributed by atoms with E-state index in [0.29, 0.717) is 24.9 Å². The van der Waals surface area contributed by atoms with Crippen LogP contribution in [0.5, 0.6) is 0 Å². The van der Waals surface area contributed by atoms with Gasteiger partial charge >= 0.3 is 5.97 Å². The highest BCUT2D eigenvalue weighted by Gasteiger charge is 2.44. The molecule has 3 rings (SSSR count). The maximum Gasteiger partial charge on any atom is 0.303 e. The van der Waals surface area contributed by atoms with Gasteiger partial charge in [-0.1, -0.05) is 12.2 Å². The highest BCUT2D eigenvalue weighted by atomic mass is 16.4. The van der Waals surface area contributed by atoms with E-state index in [4.69, 9.17) is 5.11 Å². The van der Waals surface area contributed by atoms with Crippen LogP contribution in [-0.2, 0) is 9.59 Å².